The minimum absolute atomic E-state index is 0.0606. The van der Waals surface area contributed by atoms with Crippen LogP contribution in [-0.2, 0) is 0 Å². The van der Waals surface area contributed by atoms with Crippen molar-refractivity contribution in [2.75, 3.05) is 19.8 Å². The zero-order valence-electron chi connectivity index (χ0n) is 9.45. The number of aliphatic hydroxyl groups is 1. The Bertz CT molecular complexity index is 290. The molecule has 90 valence electrons. The normalized spacial score (nSPS) is 12.4. The first-order valence-electron chi connectivity index (χ1n) is 5.49. The lowest BCUT2D eigenvalue weighted by Crippen LogP contribution is -2.33. The van der Waals surface area contributed by atoms with Crippen molar-refractivity contribution < 1.29 is 14.2 Å². The fourth-order valence-electron chi connectivity index (χ4n) is 1.40. The van der Waals surface area contributed by atoms with Crippen LogP contribution in [0.4, 0.5) is 4.39 Å². The summed E-state index contributed by atoms with van der Waals surface area (Å²) in [5.41, 5.74) is 0. The first kappa shape index (κ1) is 12.9. The van der Waals surface area contributed by atoms with Gasteiger partial charge in [0.1, 0.15) is 11.6 Å². The lowest BCUT2D eigenvalue weighted by atomic mass is 10.2. The van der Waals surface area contributed by atoms with Crippen LogP contribution in [0.25, 0.3) is 0 Å². The zero-order valence-corrected chi connectivity index (χ0v) is 9.45. The molecule has 1 atom stereocenters. The van der Waals surface area contributed by atoms with E-state index in [2.05, 4.69) is 5.32 Å². The highest BCUT2D eigenvalue weighted by Gasteiger charge is 2.05. The van der Waals surface area contributed by atoms with Crippen molar-refractivity contribution >= 4 is 0 Å². The third kappa shape index (κ3) is 4.59. The Kier molecular flexibility index (Phi) is 5.82. The summed E-state index contributed by atoms with van der Waals surface area (Å²) in [5, 5.41) is 12.2. The smallest absolute Gasteiger partial charge is 0.123 e. The molecule has 2 N–H and O–H groups in total. The molecule has 0 bridgehead atoms. The van der Waals surface area contributed by atoms with E-state index in [1.807, 2.05) is 6.92 Å². The number of aliphatic hydroxyl groups excluding tert-OH is 1. The summed E-state index contributed by atoms with van der Waals surface area (Å²) in [6, 6.07) is 5.98. The van der Waals surface area contributed by atoms with Gasteiger partial charge in [0, 0.05) is 6.04 Å². The topological polar surface area (TPSA) is 41.5 Å². The van der Waals surface area contributed by atoms with E-state index < -0.39 is 0 Å². The van der Waals surface area contributed by atoms with Crippen molar-refractivity contribution in [3.63, 3.8) is 0 Å². The maximum absolute atomic E-state index is 12.6. The zero-order chi connectivity index (χ0) is 11.8. The number of nitrogens with one attached hydrogen (secondary N) is 1. The van der Waals surface area contributed by atoms with Gasteiger partial charge in [0.05, 0.1) is 13.2 Å². The molecule has 0 aliphatic rings. The van der Waals surface area contributed by atoms with Crippen molar-refractivity contribution in [2.24, 2.45) is 0 Å². The Hall–Kier alpha value is -1.13. The van der Waals surface area contributed by atoms with Gasteiger partial charge in [0.15, 0.2) is 0 Å². The summed E-state index contributed by atoms with van der Waals surface area (Å²) < 4.78 is 18.0. The van der Waals surface area contributed by atoms with Crippen LogP contribution >= 0.6 is 0 Å². The molecular weight excluding hydrogens is 209 g/mol. The van der Waals surface area contributed by atoms with E-state index in [0.29, 0.717) is 12.4 Å². The Morgan fingerprint density at radius 2 is 2.06 bits per heavy atom. The molecule has 0 amide bonds. The van der Waals surface area contributed by atoms with Gasteiger partial charge in [-0.05, 0) is 37.2 Å². The second kappa shape index (κ2) is 7.19. The predicted octanol–water partition coefficient (Wildman–Crippen LogP) is 1.56. The number of halogens is 1. The Morgan fingerprint density at radius 1 is 1.38 bits per heavy atom. The van der Waals surface area contributed by atoms with Crippen molar-refractivity contribution in [1.82, 2.24) is 5.32 Å². The third-order valence-corrected chi connectivity index (χ3v) is 2.26. The van der Waals surface area contributed by atoms with E-state index >= 15 is 0 Å². The molecule has 4 heteroatoms. The number of hydrogen-bond acceptors (Lipinski definition) is 3. The highest BCUT2D eigenvalue weighted by atomic mass is 19.1. The molecule has 0 aliphatic heterocycles. The van der Waals surface area contributed by atoms with E-state index in [0.717, 1.165) is 13.0 Å². The number of hydrogen-bond donors (Lipinski definition) is 2. The van der Waals surface area contributed by atoms with E-state index in [-0.39, 0.29) is 18.5 Å². The number of ether oxygens (including phenoxy) is 1. The summed E-state index contributed by atoms with van der Waals surface area (Å²) in [7, 11) is 0. The van der Waals surface area contributed by atoms with Crippen molar-refractivity contribution in [3.8, 4) is 5.75 Å². The largest absolute Gasteiger partial charge is 0.494 e. The van der Waals surface area contributed by atoms with Gasteiger partial charge in [0.2, 0.25) is 0 Å². The van der Waals surface area contributed by atoms with E-state index in [4.69, 9.17) is 9.84 Å². The molecule has 1 aromatic carbocycles. The predicted molar refractivity (Wildman–Crippen MR) is 61.1 cm³/mol. The summed E-state index contributed by atoms with van der Waals surface area (Å²) in [6.07, 6.45) is 0.724. The van der Waals surface area contributed by atoms with Gasteiger partial charge in [-0.25, -0.2) is 4.39 Å². The summed E-state index contributed by atoms with van der Waals surface area (Å²) in [5.74, 6) is 0.378. The maximum atomic E-state index is 12.6. The average Bonchev–Trinajstić information content (AvgIpc) is 2.30. The van der Waals surface area contributed by atoms with Gasteiger partial charge >= 0.3 is 0 Å². The monoisotopic (exact) mass is 227 g/mol. The fourth-order valence-corrected chi connectivity index (χ4v) is 1.40. The molecule has 0 aliphatic carbocycles. The molecule has 3 nitrogen and oxygen atoms in total. The standard InChI is InChI=1S/C12H18FNO2/c1-2-14-11(9-15)7-8-16-12-5-3-10(13)4-6-12/h3-6,11,14-15H,2,7-9H2,1H3. The van der Waals surface area contributed by atoms with Gasteiger partial charge in [-0.1, -0.05) is 6.92 Å². The highest BCUT2D eigenvalue weighted by Crippen LogP contribution is 2.11. The van der Waals surface area contributed by atoms with E-state index in [1.165, 1.54) is 12.1 Å². The van der Waals surface area contributed by atoms with E-state index in [1.54, 1.807) is 12.1 Å². The number of likely N-dealkylation sites (N-methyl/N-ethyl adjacent to an activating group) is 1. The SMILES string of the molecule is CCNC(CO)CCOc1ccc(F)cc1. The van der Waals surface area contributed by atoms with Crippen molar-refractivity contribution in [1.29, 1.82) is 0 Å². The summed E-state index contributed by atoms with van der Waals surface area (Å²) >= 11 is 0. The van der Waals surface area contributed by atoms with Crippen molar-refractivity contribution in [2.45, 2.75) is 19.4 Å². The van der Waals surface area contributed by atoms with Crippen LogP contribution in [0.5, 0.6) is 5.75 Å². The van der Waals surface area contributed by atoms with Crippen LogP contribution in [0.2, 0.25) is 0 Å². The van der Waals surface area contributed by atoms with Gasteiger partial charge in [-0.3, -0.25) is 0 Å². The molecule has 0 aromatic heterocycles. The van der Waals surface area contributed by atoms with Gasteiger partial charge in [-0.15, -0.1) is 0 Å². The quantitative estimate of drug-likeness (QED) is 0.743. The lowest BCUT2D eigenvalue weighted by molar-refractivity contribution is 0.210. The molecule has 16 heavy (non-hydrogen) atoms. The Balaban J connectivity index is 2.26. The molecule has 0 saturated heterocycles. The molecule has 0 radical (unpaired) electrons. The Morgan fingerprint density at radius 3 is 2.62 bits per heavy atom. The molecular formula is C12H18FNO2. The second-order valence-electron chi connectivity index (χ2n) is 3.53. The average molecular weight is 227 g/mol. The second-order valence-corrected chi connectivity index (χ2v) is 3.53. The van der Waals surface area contributed by atoms with Crippen molar-refractivity contribution in [3.05, 3.63) is 30.1 Å². The van der Waals surface area contributed by atoms with Gasteiger partial charge in [-0.2, -0.15) is 0 Å². The first-order valence-corrected chi connectivity index (χ1v) is 5.49. The first-order chi connectivity index (χ1) is 7.76. The maximum Gasteiger partial charge on any atom is 0.123 e. The van der Waals surface area contributed by atoms with Gasteiger partial charge < -0.3 is 15.2 Å². The van der Waals surface area contributed by atoms with Crippen LogP contribution in [-0.4, -0.2) is 30.9 Å². The Labute approximate surface area is 95.2 Å². The van der Waals surface area contributed by atoms with Gasteiger partial charge in [0.25, 0.3) is 0 Å². The lowest BCUT2D eigenvalue weighted by Gasteiger charge is -2.15. The molecule has 0 fully saturated rings. The van der Waals surface area contributed by atoms with E-state index in [9.17, 15) is 4.39 Å². The van der Waals surface area contributed by atoms with Crippen LogP contribution in [0.15, 0.2) is 24.3 Å². The summed E-state index contributed by atoms with van der Waals surface area (Å²) in [4.78, 5) is 0. The fraction of sp³-hybridized carbons (Fsp3) is 0.500. The van der Waals surface area contributed by atoms with Crippen LogP contribution < -0.4 is 10.1 Å². The molecule has 0 saturated carbocycles. The molecule has 1 aromatic rings. The number of rotatable bonds is 7. The minimum Gasteiger partial charge on any atom is -0.494 e. The van der Waals surface area contributed by atoms with Crippen LogP contribution in [0, 0.1) is 5.82 Å². The minimum atomic E-state index is -0.270. The highest BCUT2D eigenvalue weighted by molar-refractivity contribution is 5.21. The molecule has 0 heterocycles. The number of benzene rings is 1. The molecule has 1 rings (SSSR count). The molecule has 0 spiro atoms. The third-order valence-electron chi connectivity index (χ3n) is 2.26. The molecule has 1 unspecified atom stereocenters. The van der Waals surface area contributed by atoms with Crippen LogP contribution in [0.3, 0.4) is 0 Å². The summed E-state index contributed by atoms with van der Waals surface area (Å²) in [6.45, 7) is 3.41. The van der Waals surface area contributed by atoms with Crippen LogP contribution in [0.1, 0.15) is 13.3 Å².